The standard InChI is InChI=1S/C13H22N2O5S/c16-12(9-11-2-8-21(19,20)10-11)15-6-4-14(5-7-15)3-1-13(17)18/h11H,1-10H2,(H,17,18). The Balaban J connectivity index is 1.72. The molecule has 2 fully saturated rings. The van der Waals surface area contributed by atoms with Crippen LogP contribution in [0.3, 0.4) is 0 Å². The van der Waals surface area contributed by atoms with Gasteiger partial charge in [0.1, 0.15) is 0 Å². The Morgan fingerprint density at radius 1 is 1.14 bits per heavy atom. The number of aliphatic carboxylic acids is 1. The molecule has 0 radical (unpaired) electrons. The minimum Gasteiger partial charge on any atom is -0.481 e. The number of carbonyl (C=O) groups is 2. The number of amides is 1. The molecule has 1 atom stereocenters. The lowest BCUT2D eigenvalue weighted by molar-refractivity contribution is -0.138. The van der Waals surface area contributed by atoms with Gasteiger partial charge in [-0.25, -0.2) is 8.42 Å². The van der Waals surface area contributed by atoms with Crippen LogP contribution < -0.4 is 0 Å². The van der Waals surface area contributed by atoms with E-state index in [9.17, 15) is 18.0 Å². The normalized spacial score (nSPS) is 25.9. The molecule has 2 heterocycles. The number of nitrogens with zero attached hydrogens (tertiary/aromatic N) is 2. The third-order valence-corrected chi connectivity index (χ3v) is 5.99. The zero-order valence-corrected chi connectivity index (χ0v) is 12.8. The number of carboxylic acids is 1. The van der Waals surface area contributed by atoms with Gasteiger partial charge >= 0.3 is 5.97 Å². The number of sulfone groups is 1. The number of carboxylic acid groups (broad SMARTS) is 1. The first-order valence-corrected chi connectivity index (χ1v) is 9.10. The first-order valence-electron chi connectivity index (χ1n) is 7.28. The predicted molar refractivity (Wildman–Crippen MR) is 76.7 cm³/mol. The Bertz CT molecular complexity index is 497. The molecule has 2 aliphatic rings. The Labute approximate surface area is 124 Å². The van der Waals surface area contributed by atoms with E-state index in [-0.39, 0.29) is 29.8 Å². The molecule has 2 saturated heterocycles. The maximum atomic E-state index is 12.2. The predicted octanol–water partition coefficient (Wildman–Crippen LogP) is -0.570. The summed E-state index contributed by atoms with van der Waals surface area (Å²) in [6.07, 6.45) is 1.02. The van der Waals surface area contributed by atoms with Crippen molar-refractivity contribution in [2.75, 3.05) is 44.2 Å². The molecule has 8 heteroatoms. The molecule has 2 rings (SSSR count). The molecule has 0 aromatic rings. The molecule has 1 unspecified atom stereocenters. The molecule has 21 heavy (non-hydrogen) atoms. The molecule has 0 aliphatic carbocycles. The lowest BCUT2D eigenvalue weighted by atomic mass is 10.0. The quantitative estimate of drug-likeness (QED) is 0.729. The highest BCUT2D eigenvalue weighted by molar-refractivity contribution is 7.91. The summed E-state index contributed by atoms with van der Waals surface area (Å²) >= 11 is 0. The summed E-state index contributed by atoms with van der Waals surface area (Å²) in [5, 5.41) is 8.65. The van der Waals surface area contributed by atoms with Crippen LogP contribution in [0.2, 0.25) is 0 Å². The van der Waals surface area contributed by atoms with Gasteiger partial charge < -0.3 is 10.0 Å². The SMILES string of the molecule is O=C(O)CCN1CCN(C(=O)CC2CCS(=O)(=O)C2)CC1. The van der Waals surface area contributed by atoms with E-state index in [0.717, 1.165) is 0 Å². The first-order chi connectivity index (χ1) is 9.85. The average Bonchev–Trinajstić information content (AvgIpc) is 2.76. The summed E-state index contributed by atoms with van der Waals surface area (Å²) in [7, 11) is -2.93. The minimum absolute atomic E-state index is 0.0231. The van der Waals surface area contributed by atoms with E-state index in [2.05, 4.69) is 0 Å². The van der Waals surface area contributed by atoms with Crippen molar-refractivity contribution < 1.29 is 23.1 Å². The molecule has 0 bridgehead atoms. The maximum Gasteiger partial charge on any atom is 0.304 e. The van der Waals surface area contributed by atoms with E-state index in [1.54, 1.807) is 4.90 Å². The molecular weight excluding hydrogens is 296 g/mol. The topological polar surface area (TPSA) is 95.0 Å². The fourth-order valence-electron chi connectivity index (χ4n) is 2.88. The third kappa shape index (κ3) is 4.96. The van der Waals surface area contributed by atoms with Crippen molar-refractivity contribution in [3.8, 4) is 0 Å². The van der Waals surface area contributed by atoms with Gasteiger partial charge in [-0.15, -0.1) is 0 Å². The molecule has 0 aromatic carbocycles. The number of hydrogen-bond donors (Lipinski definition) is 1. The maximum absolute atomic E-state index is 12.2. The van der Waals surface area contributed by atoms with Crippen molar-refractivity contribution in [2.45, 2.75) is 19.3 Å². The highest BCUT2D eigenvalue weighted by Crippen LogP contribution is 2.22. The van der Waals surface area contributed by atoms with E-state index in [4.69, 9.17) is 5.11 Å². The van der Waals surface area contributed by atoms with Crippen molar-refractivity contribution in [3.05, 3.63) is 0 Å². The highest BCUT2D eigenvalue weighted by atomic mass is 32.2. The van der Waals surface area contributed by atoms with Crippen LogP contribution in [0.15, 0.2) is 0 Å². The largest absolute Gasteiger partial charge is 0.481 e. The van der Waals surface area contributed by atoms with Crippen molar-refractivity contribution in [1.29, 1.82) is 0 Å². The van der Waals surface area contributed by atoms with Gasteiger partial charge in [-0.1, -0.05) is 0 Å². The van der Waals surface area contributed by atoms with Crippen LogP contribution in [0.25, 0.3) is 0 Å². The molecule has 120 valence electrons. The van der Waals surface area contributed by atoms with Gasteiger partial charge in [0.05, 0.1) is 17.9 Å². The second-order valence-electron chi connectivity index (χ2n) is 5.84. The van der Waals surface area contributed by atoms with Crippen LogP contribution >= 0.6 is 0 Å². The second kappa shape index (κ2) is 6.74. The Morgan fingerprint density at radius 3 is 2.33 bits per heavy atom. The van der Waals surface area contributed by atoms with Gasteiger partial charge in [0.15, 0.2) is 9.84 Å². The zero-order valence-electron chi connectivity index (χ0n) is 12.0. The molecular formula is C13H22N2O5S. The van der Waals surface area contributed by atoms with Crippen molar-refractivity contribution in [3.63, 3.8) is 0 Å². The summed E-state index contributed by atoms with van der Waals surface area (Å²) in [4.78, 5) is 26.5. The molecule has 7 nitrogen and oxygen atoms in total. The van der Waals surface area contributed by atoms with E-state index < -0.39 is 15.8 Å². The van der Waals surface area contributed by atoms with E-state index >= 15 is 0 Å². The third-order valence-electron chi connectivity index (χ3n) is 4.16. The fourth-order valence-corrected chi connectivity index (χ4v) is 4.75. The lowest BCUT2D eigenvalue weighted by Crippen LogP contribution is -2.49. The van der Waals surface area contributed by atoms with Crippen LogP contribution in [-0.2, 0) is 19.4 Å². The molecule has 0 spiro atoms. The van der Waals surface area contributed by atoms with Gasteiger partial charge in [0, 0.05) is 39.1 Å². The van der Waals surface area contributed by atoms with Gasteiger partial charge in [-0.2, -0.15) is 0 Å². The number of hydrogen-bond acceptors (Lipinski definition) is 5. The van der Waals surface area contributed by atoms with E-state index in [1.165, 1.54) is 0 Å². The summed E-state index contributed by atoms with van der Waals surface area (Å²) in [5.41, 5.74) is 0. The fraction of sp³-hybridized carbons (Fsp3) is 0.846. The second-order valence-corrected chi connectivity index (χ2v) is 8.07. The van der Waals surface area contributed by atoms with E-state index in [0.29, 0.717) is 45.6 Å². The Kier molecular flexibility index (Phi) is 5.21. The number of piperazine rings is 1. The molecule has 1 amide bonds. The van der Waals surface area contributed by atoms with Crippen molar-refractivity contribution in [1.82, 2.24) is 9.80 Å². The minimum atomic E-state index is -2.93. The summed E-state index contributed by atoms with van der Waals surface area (Å²) in [6, 6.07) is 0. The highest BCUT2D eigenvalue weighted by Gasteiger charge is 2.31. The van der Waals surface area contributed by atoms with Gasteiger partial charge in [0.25, 0.3) is 0 Å². The zero-order chi connectivity index (χ0) is 15.5. The van der Waals surface area contributed by atoms with Crippen LogP contribution in [0.1, 0.15) is 19.3 Å². The van der Waals surface area contributed by atoms with Crippen molar-refractivity contribution in [2.24, 2.45) is 5.92 Å². The monoisotopic (exact) mass is 318 g/mol. The van der Waals surface area contributed by atoms with Gasteiger partial charge in [-0.05, 0) is 12.3 Å². The number of carbonyl (C=O) groups excluding carboxylic acids is 1. The van der Waals surface area contributed by atoms with Crippen LogP contribution in [0, 0.1) is 5.92 Å². The van der Waals surface area contributed by atoms with Gasteiger partial charge in [0.2, 0.25) is 5.91 Å². The van der Waals surface area contributed by atoms with Crippen LogP contribution in [-0.4, -0.2) is 79.4 Å². The molecule has 2 aliphatic heterocycles. The Hall–Kier alpha value is -1.15. The van der Waals surface area contributed by atoms with Crippen LogP contribution in [0.5, 0.6) is 0 Å². The Morgan fingerprint density at radius 2 is 1.81 bits per heavy atom. The molecule has 0 saturated carbocycles. The summed E-state index contributed by atoms with van der Waals surface area (Å²) in [5.74, 6) is -0.482. The average molecular weight is 318 g/mol. The summed E-state index contributed by atoms with van der Waals surface area (Å²) in [6.45, 7) is 3.07. The summed E-state index contributed by atoms with van der Waals surface area (Å²) < 4.78 is 22.8. The smallest absolute Gasteiger partial charge is 0.304 e. The molecule has 1 N–H and O–H groups in total. The lowest BCUT2D eigenvalue weighted by Gasteiger charge is -2.34. The first kappa shape index (κ1) is 16.2. The number of rotatable bonds is 5. The molecule has 0 aromatic heterocycles. The van der Waals surface area contributed by atoms with Crippen molar-refractivity contribution >= 4 is 21.7 Å². The van der Waals surface area contributed by atoms with Gasteiger partial charge in [-0.3, -0.25) is 14.5 Å². The van der Waals surface area contributed by atoms with E-state index in [1.807, 2.05) is 4.90 Å². The van der Waals surface area contributed by atoms with Crippen LogP contribution in [0.4, 0.5) is 0 Å².